The summed E-state index contributed by atoms with van der Waals surface area (Å²) in [7, 11) is 0. The van der Waals surface area contributed by atoms with Gasteiger partial charge in [-0.2, -0.15) is 11.8 Å². The van der Waals surface area contributed by atoms with E-state index in [-0.39, 0.29) is 0 Å². The van der Waals surface area contributed by atoms with Crippen LogP contribution in [-0.2, 0) is 0 Å². The lowest BCUT2D eigenvalue weighted by Gasteiger charge is -2.18. The van der Waals surface area contributed by atoms with Gasteiger partial charge < -0.3 is 0 Å². The van der Waals surface area contributed by atoms with Crippen molar-refractivity contribution in [1.82, 2.24) is 4.98 Å². The lowest BCUT2D eigenvalue weighted by molar-refractivity contribution is 0.684. The fourth-order valence-electron chi connectivity index (χ4n) is 2.39. The summed E-state index contributed by atoms with van der Waals surface area (Å²) < 4.78 is 1.12. The van der Waals surface area contributed by atoms with Gasteiger partial charge in [-0.25, -0.2) is 4.98 Å². The lowest BCUT2D eigenvalue weighted by atomic mass is 10.1. The molecule has 0 aliphatic carbocycles. The fourth-order valence-corrected chi connectivity index (χ4v) is 5.29. The zero-order valence-corrected chi connectivity index (χ0v) is 14.1. The third-order valence-corrected chi connectivity index (χ3v) is 6.48. The normalized spacial score (nSPS) is 19.6. The molecule has 0 spiro atoms. The van der Waals surface area contributed by atoms with E-state index < -0.39 is 0 Å². The van der Waals surface area contributed by atoms with E-state index in [1.807, 2.05) is 11.3 Å². The van der Waals surface area contributed by atoms with E-state index >= 15 is 0 Å². The number of aryl methyl sites for hydroxylation is 1. The Bertz CT molecular complexity index is 573. The number of thiazole rings is 1. The number of hydrogen-bond acceptors (Lipinski definition) is 3. The van der Waals surface area contributed by atoms with Crippen molar-refractivity contribution in [1.29, 1.82) is 0 Å². The van der Waals surface area contributed by atoms with Gasteiger partial charge in [-0.05, 0) is 37.7 Å². The fraction of sp³-hybridized carbons (Fsp3) is 0.400. The Morgan fingerprint density at radius 3 is 2.95 bits per heavy atom. The van der Waals surface area contributed by atoms with Crippen LogP contribution in [0.5, 0.6) is 0 Å². The maximum atomic E-state index is 4.92. The Hall–Kier alpha value is -0.320. The number of rotatable bonds is 2. The monoisotopic (exact) mass is 353 g/mol. The highest BCUT2D eigenvalue weighted by Gasteiger charge is 2.21. The van der Waals surface area contributed by atoms with Crippen LogP contribution in [0, 0.1) is 6.92 Å². The molecule has 1 fully saturated rings. The van der Waals surface area contributed by atoms with Gasteiger partial charge in [0.05, 0.1) is 10.9 Å². The topological polar surface area (TPSA) is 12.9 Å². The van der Waals surface area contributed by atoms with Gasteiger partial charge in [0.2, 0.25) is 0 Å². The molecule has 0 radical (unpaired) electrons. The summed E-state index contributed by atoms with van der Waals surface area (Å²) in [5.41, 5.74) is 2.38. The Morgan fingerprint density at radius 1 is 1.32 bits per heavy atom. The molecule has 2 aromatic rings. The third-order valence-electron chi connectivity index (χ3n) is 3.37. The molecule has 1 aromatic heterocycles. The first-order chi connectivity index (χ1) is 9.24. The molecule has 0 amide bonds. The second-order valence-corrected chi connectivity index (χ2v) is 8.28. The number of halogens is 1. The second-order valence-electron chi connectivity index (χ2n) is 4.82. The third kappa shape index (κ3) is 3.06. The summed E-state index contributed by atoms with van der Waals surface area (Å²) in [6.45, 7) is 2.19. The maximum absolute atomic E-state index is 4.92. The summed E-state index contributed by atoms with van der Waals surface area (Å²) in [6.07, 6.45) is 4.00. The van der Waals surface area contributed by atoms with Crippen LogP contribution in [0.25, 0.3) is 11.3 Å². The molecule has 100 valence electrons. The van der Waals surface area contributed by atoms with Crippen molar-refractivity contribution in [3.8, 4) is 11.3 Å². The SMILES string of the molecule is Cc1sc(C2CCCCS2)nc1-c1cccc(Br)c1. The number of benzene rings is 1. The van der Waals surface area contributed by atoms with Gasteiger partial charge in [-0.1, -0.05) is 34.5 Å². The standard InChI is InChI=1S/C15H16BrNS2/c1-10-14(11-5-4-6-12(16)9-11)17-15(19-10)13-7-2-3-8-18-13/h4-6,9,13H,2-3,7-8H2,1H3. The predicted octanol–water partition coefficient (Wildman–Crippen LogP) is 5.84. The molecule has 1 atom stereocenters. The van der Waals surface area contributed by atoms with E-state index in [1.54, 1.807) is 0 Å². The van der Waals surface area contributed by atoms with E-state index in [1.165, 1.54) is 40.5 Å². The number of hydrogen-bond donors (Lipinski definition) is 0. The highest BCUT2D eigenvalue weighted by Crippen LogP contribution is 2.42. The van der Waals surface area contributed by atoms with Crippen LogP contribution < -0.4 is 0 Å². The molecule has 1 nitrogen and oxygen atoms in total. The molecule has 4 heteroatoms. The largest absolute Gasteiger partial charge is 0.240 e. The average molecular weight is 354 g/mol. The zero-order valence-electron chi connectivity index (χ0n) is 10.9. The molecule has 1 unspecified atom stereocenters. The molecular formula is C15H16BrNS2. The maximum Gasteiger partial charge on any atom is 0.107 e. The average Bonchev–Trinajstić information content (AvgIpc) is 2.82. The summed E-state index contributed by atoms with van der Waals surface area (Å²) in [6, 6.07) is 8.43. The first-order valence-electron chi connectivity index (χ1n) is 6.59. The zero-order chi connectivity index (χ0) is 13.2. The summed E-state index contributed by atoms with van der Waals surface area (Å²) in [5.74, 6) is 1.29. The molecule has 1 aliphatic rings. The van der Waals surface area contributed by atoms with Crippen LogP contribution in [0.1, 0.15) is 34.4 Å². The Balaban J connectivity index is 1.92. The molecule has 0 bridgehead atoms. The molecule has 0 N–H and O–H groups in total. The van der Waals surface area contributed by atoms with Crippen molar-refractivity contribution < 1.29 is 0 Å². The van der Waals surface area contributed by atoms with Gasteiger partial charge in [0, 0.05) is 14.9 Å². The lowest BCUT2D eigenvalue weighted by Crippen LogP contribution is -2.01. The Kier molecular flexibility index (Phi) is 4.30. The number of aromatic nitrogens is 1. The van der Waals surface area contributed by atoms with Crippen LogP contribution in [0.3, 0.4) is 0 Å². The quantitative estimate of drug-likeness (QED) is 0.672. The molecule has 0 saturated carbocycles. The highest BCUT2D eigenvalue weighted by atomic mass is 79.9. The molecule has 1 aliphatic heterocycles. The Morgan fingerprint density at radius 2 is 2.21 bits per heavy atom. The number of thioether (sulfide) groups is 1. The minimum Gasteiger partial charge on any atom is -0.240 e. The van der Waals surface area contributed by atoms with Crippen LogP contribution in [0.4, 0.5) is 0 Å². The van der Waals surface area contributed by atoms with E-state index in [4.69, 9.17) is 4.98 Å². The second kappa shape index (κ2) is 5.98. The first kappa shape index (κ1) is 13.7. The van der Waals surface area contributed by atoms with Gasteiger partial charge in [-0.15, -0.1) is 11.3 Å². The summed E-state index contributed by atoms with van der Waals surface area (Å²) in [4.78, 5) is 6.25. The van der Waals surface area contributed by atoms with Gasteiger partial charge >= 0.3 is 0 Å². The van der Waals surface area contributed by atoms with E-state index in [0.717, 1.165) is 10.2 Å². The molecular weight excluding hydrogens is 338 g/mol. The van der Waals surface area contributed by atoms with Crippen molar-refractivity contribution >= 4 is 39.0 Å². The molecule has 1 saturated heterocycles. The van der Waals surface area contributed by atoms with Crippen molar-refractivity contribution in [2.75, 3.05) is 5.75 Å². The molecule has 19 heavy (non-hydrogen) atoms. The molecule has 1 aromatic carbocycles. The van der Waals surface area contributed by atoms with Gasteiger partial charge in [0.15, 0.2) is 0 Å². The molecule has 2 heterocycles. The first-order valence-corrected chi connectivity index (χ1v) is 9.25. The van der Waals surface area contributed by atoms with Crippen molar-refractivity contribution in [2.45, 2.75) is 31.4 Å². The van der Waals surface area contributed by atoms with Crippen molar-refractivity contribution in [2.24, 2.45) is 0 Å². The van der Waals surface area contributed by atoms with Crippen LogP contribution in [0.15, 0.2) is 28.7 Å². The van der Waals surface area contributed by atoms with Gasteiger partial charge in [0.1, 0.15) is 5.01 Å². The molecule has 3 rings (SSSR count). The van der Waals surface area contributed by atoms with Crippen LogP contribution >= 0.6 is 39.0 Å². The van der Waals surface area contributed by atoms with Crippen molar-refractivity contribution in [3.63, 3.8) is 0 Å². The minimum absolute atomic E-state index is 0.623. The van der Waals surface area contributed by atoms with Crippen LogP contribution in [-0.4, -0.2) is 10.7 Å². The number of nitrogens with zero attached hydrogens (tertiary/aromatic N) is 1. The van der Waals surface area contributed by atoms with Gasteiger partial charge in [0.25, 0.3) is 0 Å². The highest BCUT2D eigenvalue weighted by molar-refractivity contribution is 9.10. The van der Waals surface area contributed by atoms with Crippen molar-refractivity contribution in [3.05, 3.63) is 38.6 Å². The smallest absolute Gasteiger partial charge is 0.107 e. The Labute approximate surface area is 131 Å². The predicted molar refractivity (Wildman–Crippen MR) is 89.0 cm³/mol. The van der Waals surface area contributed by atoms with E-state index in [0.29, 0.717) is 5.25 Å². The summed E-state index contributed by atoms with van der Waals surface area (Å²) >= 11 is 7.49. The van der Waals surface area contributed by atoms with Crippen LogP contribution in [0.2, 0.25) is 0 Å². The van der Waals surface area contributed by atoms with E-state index in [2.05, 4.69) is 58.9 Å². The van der Waals surface area contributed by atoms with E-state index in [9.17, 15) is 0 Å². The summed E-state index contributed by atoms with van der Waals surface area (Å²) in [5, 5.41) is 1.94. The van der Waals surface area contributed by atoms with Gasteiger partial charge in [-0.3, -0.25) is 0 Å². The minimum atomic E-state index is 0.623.